The van der Waals surface area contributed by atoms with Gasteiger partial charge in [-0.3, -0.25) is 9.20 Å². The zero-order chi connectivity index (χ0) is 15.8. The van der Waals surface area contributed by atoms with E-state index in [2.05, 4.69) is 15.5 Å². The van der Waals surface area contributed by atoms with Crippen LogP contribution in [0.25, 0.3) is 5.65 Å². The van der Waals surface area contributed by atoms with Crippen LogP contribution in [0.1, 0.15) is 5.56 Å². The topological polar surface area (TPSA) is 68.5 Å². The summed E-state index contributed by atoms with van der Waals surface area (Å²) in [6, 6.07) is 9.08. The zero-order valence-corrected chi connectivity index (χ0v) is 12.8. The number of anilines is 1. The van der Waals surface area contributed by atoms with E-state index in [1.165, 1.54) is 0 Å². The van der Waals surface area contributed by atoms with Crippen LogP contribution in [-0.4, -0.2) is 27.1 Å². The van der Waals surface area contributed by atoms with Crippen molar-refractivity contribution in [2.75, 3.05) is 11.9 Å². The maximum absolute atomic E-state index is 12.5. The fraction of sp³-hybridized carbons (Fsp3) is 0.188. The molecule has 6 nitrogen and oxygen atoms in total. The Balaban J connectivity index is 1.51. The van der Waals surface area contributed by atoms with Crippen LogP contribution in [0.3, 0.4) is 0 Å². The number of ether oxygens (including phenoxy) is 1. The Morgan fingerprint density at radius 2 is 2.26 bits per heavy atom. The van der Waals surface area contributed by atoms with Gasteiger partial charge < -0.3 is 10.1 Å². The third-order valence-electron chi connectivity index (χ3n) is 3.86. The summed E-state index contributed by atoms with van der Waals surface area (Å²) in [4.78, 5) is 12.5. The smallest absolute Gasteiger partial charge is 0.231 e. The van der Waals surface area contributed by atoms with Gasteiger partial charge in [-0.15, -0.1) is 10.2 Å². The lowest BCUT2D eigenvalue weighted by Gasteiger charge is -2.24. The van der Waals surface area contributed by atoms with E-state index >= 15 is 0 Å². The molecule has 0 spiro atoms. The molecule has 2 aromatic heterocycles. The van der Waals surface area contributed by atoms with Crippen LogP contribution in [0.2, 0.25) is 5.02 Å². The Hall–Kier alpha value is -2.60. The molecule has 1 aliphatic rings. The molecular formula is C16H13ClN4O2. The molecule has 3 heterocycles. The van der Waals surface area contributed by atoms with Gasteiger partial charge in [-0.2, -0.15) is 0 Å². The Morgan fingerprint density at radius 3 is 3.17 bits per heavy atom. The summed E-state index contributed by atoms with van der Waals surface area (Å²) in [6.07, 6.45) is 3.98. The molecule has 7 heteroatoms. The Kier molecular flexibility index (Phi) is 3.38. The van der Waals surface area contributed by atoms with E-state index in [1.807, 2.05) is 12.1 Å². The number of pyridine rings is 1. The Labute approximate surface area is 137 Å². The number of nitrogens with zero attached hydrogens (tertiary/aromatic N) is 3. The van der Waals surface area contributed by atoms with Gasteiger partial charge in [-0.1, -0.05) is 11.6 Å². The monoisotopic (exact) mass is 328 g/mol. The molecular weight excluding hydrogens is 316 g/mol. The Bertz CT molecular complexity index is 893. The number of hydrogen-bond acceptors (Lipinski definition) is 4. The average molecular weight is 329 g/mol. The van der Waals surface area contributed by atoms with Crippen molar-refractivity contribution in [3.63, 3.8) is 0 Å². The number of benzene rings is 1. The zero-order valence-electron chi connectivity index (χ0n) is 12.1. The minimum Gasteiger partial charge on any atom is -0.492 e. The molecule has 0 unspecified atom stereocenters. The number of fused-ring (bicyclic) bond motifs is 2. The molecule has 0 radical (unpaired) electrons. The summed E-state index contributed by atoms with van der Waals surface area (Å²) in [5.74, 6) is 0.463. The van der Waals surface area contributed by atoms with Gasteiger partial charge in [0.25, 0.3) is 0 Å². The highest BCUT2D eigenvalue weighted by Crippen LogP contribution is 2.30. The first-order chi connectivity index (χ1) is 11.2. The van der Waals surface area contributed by atoms with E-state index in [4.69, 9.17) is 16.3 Å². The molecule has 0 aliphatic carbocycles. The second-order valence-electron chi connectivity index (χ2n) is 5.47. The first-order valence-electron chi connectivity index (χ1n) is 7.20. The second kappa shape index (κ2) is 5.55. The van der Waals surface area contributed by atoms with Crippen molar-refractivity contribution in [1.82, 2.24) is 14.6 Å². The van der Waals surface area contributed by atoms with Crippen molar-refractivity contribution in [1.29, 1.82) is 0 Å². The number of hydrogen-bond donors (Lipinski definition) is 1. The lowest BCUT2D eigenvalue weighted by molar-refractivity contribution is -0.121. The molecule has 0 fully saturated rings. The van der Waals surface area contributed by atoms with Crippen LogP contribution in [0.5, 0.6) is 5.75 Å². The predicted octanol–water partition coefficient (Wildman–Crippen LogP) is 2.57. The number of carbonyl (C=O) groups excluding carboxylic acids is 1. The summed E-state index contributed by atoms with van der Waals surface area (Å²) in [5.41, 5.74) is 2.38. The molecule has 0 bridgehead atoms. The third-order valence-corrected chi connectivity index (χ3v) is 4.09. The summed E-state index contributed by atoms with van der Waals surface area (Å²) >= 11 is 6.01. The summed E-state index contributed by atoms with van der Waals surface area (Å²) in [7, 11) is 0. The van der Waals surface area contributed by atoms with Gasteiger partial charge in [0.05, 0.1) is 11.6 Å². The number of halogens is 1. The van der Waals surface area contributed by atoms with Gasteiger partial charge >= 0.3 is 0 Å². The van der Waals surface area contributed by atoms with Crippen LogP contribution >= 0.6 is 11.6 Å². The highest BCUT2D eigenvalue weighted by Gasteiger charge is 2.26. The summed E-state index contributed by atoms with van der Waals surface area (Å²) < 4.78 is 7.42. The van der Waals surface area contributed by atoms with Gasteiger partial charge in [0.2, 0.25) is 5.91 Å². The van der Waals surface area contributed by atoms with E-state index < -0.39 is 0 Å². The van der Waals surface area contributed by atoms with E-state index in [0.717, 1.165) is 17.0 Å². The highest BCUT2D eigenvalue weighted by molar-refractivity contribution is 6.30. The number of nitrogens with one attached hydrogen (secondary N) is 1. The standard InChI is InChI=1S/C16H13ClN4O2/c17-12-1-3-14-10(6-12)5-11(8-23-14)16(22)19-13-2-4-15-20-18-9-21(15)7-13/h1-4,6-7,9,11H,5,8H2,(H,19,22)/t11-/m1/s1. The number of amides is 1. The molecule has 0 saturated carbocycles. The maximum atomic E-state index is 12.5. The van der Waals surface area contributed by atoms with Gasteiger partial charge in [-0.25, -0.2) is 0 Å². The van der Waals surface area contributed by atoms with Crippen molar-refractivity contribution in [3.8, 4) is 5.75 Å². The molecule has 1 N–H and O–H groups in total. The fourth-order valence-corrected chi connectivity index (χ4v) is 2.87. The van der Waals surface area contributed by atoms with Gasteiger partial charge in [0.15, 0.2) is 5.65 Å². The molecule has 4 rings (SSSR count). The van der Waals surface area contributed by atoms with Crippen molar-refractivity contribution >= 4 is 28.8 Å². The molecule has 1 aromatic carbocycles. The molecule has 1 aliphatic heterocycles. The van der Waals surface area contributed by atoms with Gasteiger partial charge in [0.1, 0.15) is 18.7 Å². The molecule has 3 aromatic rings. The van der Waals surface area contributed by atoms with E-state index in [0.29, 0.717) is 23.7 Å². The van der Waals surface area contributed by atoms with Crippen LogP contribution in [0, 0.1) is 5.92 Å². The van der Waals surface area contributed by atoms with Gasteiger partial charge in [-0.05, 0) is 42.3 Å². The van der Waals surface area contributed by atoms with Crippen molar-refractivity contribution in [3.05, 3.63) is 53.4 Å². The second-order valence-corrected chi connectivity index (χ2v) is 5.90. The molecule has 23 heavy (non-hydrogen) atoms. The van der Waals surface area contributed by atoms with Gasteiger partial charge in [0, 0.05) is 11.2 Å². The van der Waals surface area contributed by atoms with Crippen LogP contribution < -0.4 is 10.1 Å². The van der Waals surface area contributed by atoms with Crippen molar-refractivity contribution < 1.29 is 9.53 Å². The minimum atomic E-state index is -0.252. The summed E-state index contributed by atoms with van der Waals surface area (Å²) in [5, 5.41) is 11.3. The van der Waals surface area contributed by atoms with Crippen LogP contribution in [0.15, 0.2) is 42.9 Å². The lowest BCUT2D eigenvalue weighted by atomic mass is 9.96. The molecule has 116 valence electrons. The summed E-state index contributed by atoms with van der Waals surface area (Å²) in [6.45, 7) is 0.356. The third kappa shape index (κ3) is 2.73. The predicted molar refractivity (Wildman–Crippen MR) is 85.8 cm³/mol. The lowest BCUT2D eigenvalue weighted by Crippen LogP contribution is -2.32. The average Bonchev–Trinajstić information content (AvgIpc) is 3.01. The molecule has 1 amide bonds. The van der Waals surface area contributed by atoms with Crippen LogP contribution in [-0.2, 0) is 11.2 Å². The minimum absolute atomic E-state index is 0.0805. The number of rotatable bonds is 2. The fourth-order valence-electron chi connectivity index (χ4n) is 2.68. The quantitative estimate of drug-likeness (QED) is 0.785. The van der Waals surface area contributed by atoms with E-state index in [9.17, 15) is 4.79 Å². The largest absolute Gasteiger partial charge is 0.492 e. The molecule has 1 atom stereocenters. The Morgan fingerprint density at radius 1 is 1.35 bits per heavy atom. The van der Waals surface area contributed by atoms with E-state index in [-0.39, 0.29) is 11.8 Å². The van der Waals surface area contributed by atoms with Crippen molar-refractivity contribution in [2.45, 2.75) is 6.42 Å². The highest BCUT2D eigenvalue weighted by atomic mass is 35.5. The van der Waals surface area contributed by atoms with Crippen molar-refractivity contribution in [2.24, 2.45) is 5.92 Å². The van der Waals surface area contributed by atoms with Crippen LogP contribution in [0.4, 0.5) is 5.69 Å². The number of aromatic nitrogens is 3. The maximum Gasteiger partial charge on any atom is 0.231 e. The number of carbonyl (C=O) groups is 1. The van der Waals surface area contributed by atoms with E-state index in [1.54, 1.807) is 35.1 Å². The normalized spacial score (nSPS) is 16.7. The SMILES string of the molecule is O=C(Nc1ccc2nncn2c1)[C@H]1COc2ccc(Cl)cc2C1. The molecule has 0 saturated heterocycles. The first kappa shape index (κ1) is 14.0. The first-order valence-corrected chi connectivity index (χ1v) is 7.58.